The second-order valence-corrected chi connectivity index (χ2v) is 4.26. The zero-order valence-electron chi connectivity index (χ0n) is 7.55. The van der Waals surface area contributed by atoms with Crippen LogP contribution in [0.2, 0.25) is 0 Å². The van der Waals surface area contributed by atoms with E-state index in [-0.39, 0.29) is 0 Å². The van der Waals surface area contributed by atoms with Gasteiger partial charge in [0, 0.05) is 19.1 Å². The van der Waals surface area contributed by atoms with Crippen molar-refractivity contribution in [2.45, 2.75) is 45.1 Å². The Balaban J connectivity index is 1.57. The van der Waals surface area contributed by atoms with E-state index in [2.05, 4.69) is 11.8 Å². The summed E-state index contributed by atoms with van der Waals surface area (Å²) in [6, 6.07) is 0.885. The first kappa shape index (κ1) is 7.60. The van der Waals surface area contributed by atoms with Crippen LogP contribution >= 0.6 is 0 Å². The molecule has 64 valence electrons. The van der Waals surface area contributed by atoms with Crippen molar-refractivity contribution in [3.05, 3.63) is 0 Å². The molecule has 0 amide bonds. The predicted octanol–water partition coefficient (Wildman–Crippen LogP) is 2.27. The van der Waals surface area contributed by atoms with Crippen molar-refractivity contribution >= 4 is 0 Å². The topological polar surface area (TPSA) is 3.01 Å². The van der Waals surface area contributed by atoms with Crippen molar-refractivity contribution in [2.24, 2.45) is 5.92 Å². The number of rotatable bonds is 4. The van der Waals surface area contributed by atoms with Gasteiger partial charge >= 0.3 is 0 Å². The van der Waals surface area contributed by atoms with E-state index in [4.69, 9.17) is 0 Å². The van der Waals surface area contributed by atoms with Gasteiger partial charge < -0.3 is 0 Å². The van der Waals surface area contributed by atoms with Gasteiger partial charge in [0.1, 0.15) is 0 Å². The molecule has 0 aromatic rings. The highest BCUT2D eigenvalue weighted by Gasteiger charge is 2.25. The second-order valence-electron chi connectivity index (χ2n) is 4.26. The lowest BCUT2D eigenvalue weighted by Crippen LogP contribution is -2.18. The van der Waals surface area contributed by atoms with Gasteiger partial charge in [-0.2, -0.15) is 0 Å². The standard InChI is InChI=1S/C10H19N/c1-9(11-7-8-11)5-6-10-3-2-4-10/h9-10H,2-8H2,1H3. The Morgan fingerprint density at radius 3 is 2.55 bits per heavy atom. The molecule has 1 aliphatic heterocycles. The predicted molar refractivity (Wildman–Crippen MR) is 47.6 cm³/mol. The fourth-order valence-corrected chi connectivity index (χ4v) is 1.94. The van der Waals surface area contributed by atoms with Crippen molar-refractivity contribution in [1.29, 1.82) is 0 Å². The summed E-state index contributed by atoms with van der Waals surface area (Å²) in [5.41, 5.74) is 0. The Kier molecular flexibility index (Phi) is 2.17. The molecule has 0 radical (unpaired) electrons. The van der Waals surface area contributed by atoms with Gasteiger partial charge in [0.15, 0.2) is 0 Å². The molecule has 2 aliphatic rings. The molecule has 1 unspecified atom stereocenters. The zero-order chi connectivity index (χ0) is 7.68. The molecule has 2 rings (SSSR count). The van der Waals surface area contributed by atoms with Gasteiger partial charge in [0.25, 0.3) is 0 Å². The van der Waals surface area contributed by atoms with Crippen LogP contribution in [0.15, 0.2) is 0 Å². The molecule has 1 saturated carbocycles. The molecular formula is C10H19N. The highest BCUT2D eigenvalue weighted by atomic mass is 15.3. The van der Waals surface area contributed by atoms with E-state index in [9.17, 15) is 0 Å². The minimum atomic E-state index is 0.885. The van der Waals surface area contributed by atoms with E-state index in [1.807, 2.05) is 0 Å². The van der Waals surface area contributed by atoms with Crippen LogP contribution in [0.4, 0.5) is 0 Å². The molecule has 1 saturated heterocycles. The Hall–Kier alpha value is -0.0400. The zero-order valence-corrected chi connectivity index (χ0v) is 7.55. The third-order valence-electron chi connectivity index (χ3n) is 3.32. The molecule has 1 aliphatic carbocycles. The molecule has 0 aromatic heterocycles. The number of nitrogens with zero attached hydrogens (tertiary/aromatic N) is 1. The number of hydrogen-bond acceptors (Lipinski definition) is 1. The highest BCUT2D eigenvalue weighted by molar-refractivity contribution is 4.80. The maximum atomic E-state index is 2.57. The van der Waals surface area contributed by atoms with Crippen molar-refractivity contribution in [2.75, 3.05) is 13.1 Å². The Labute approximate surface area is 69.8 Å². The average Bonchev–Trinajstić information content (AvgIpc) is 2.64. The van der Waals surface area contributed by atoms with E-state index < -0.39 is 0 Å². The number of hydrogen-bond donors (Lipinski definition) is 0. The van der Waals surface area contributed by atoms with Gasteiger partial charge in [-0.05, 0) is 25.7 Å². The molecule has 0 N–H and O–H groups in total. The average molecular weight is 153 g/mol. The molecule has 2 fully saturated rings. The van der Waals surface area contributed by atoms with Crippen molar-refractivity contribution in [3.8, 4) is 0 Å². The van der Waals surface area contributed by atoms with Crippen LogP contribution in [0.5, 0.6) is 0 Å². The summed E-state index contributed by atoms with van der Waals surface area (Å²) in [6.07, 6.45) is 7.49. The molecule has 1 heteroatoms. The molecule has 0 aromatic carbocycles. The van der Waals surface area contributed by atoms with E-state index in [1.54, 1.807) is 0 Å². The van der Waals surface area contributed by atoms with Gasteiger partial charge in [-0.3, -0.25) is 4.90 Å². The van der Waals surface area contributed by atoms with Crippen LogP contribution in [0.1, 0.15) is 39.0 Å². The summed E-state index contributed by atoms with van der Waals surface area (Å²) in [5, 5.41) is 0. The van der Waals surface area contributed by atoms with Gasteiger partial charge in [-0.1, -0.05) is 19.3 Å². The first-order chi connectivity index (χ1) is 5.36. The Morgan fingerprint density at radius 1 is 1.36 bits per heavy atom. The normalized spacial score (nSPS) is 28.1. The molecule has 1 heterocycles. The molecule has 0 spiro atoms. The van der Waals surface area contributed by atoms with Crippen LogP contribution in [0.25, 0.3) is 0 Å². The molecule has 1 atom stereocenters. The molecule has 0 bridgehead atoms. The van der Waals surface area contributed by atoms with E-state index >= 15 is 0 Å². The summed E-state index contributed by atoms with van der Waals surface area (Å²) in [7, 11) is 0. The minimum absolute atomic E-state index is 0.885. The summed E-state index contributed by atoms with van der Waals surface area (Å²) >= 11 is 0. The van der Waals surface area contributed by atoms with Crippen molar-refractivity contribution < 1.29 is 0 Å². The largest absolute Gasteiger partial charge is 0.298 e. The van der Waals surface area contributed by atoms with Crippen LogP contribution in [-0.4, -0.2) is 24.0 Å². The summed E-state index contributed by atoms with van der Waals surface area (Å²) in [4.78, 5) is 2.57. The lowest BCUT2D eigenvalue weighted by atomic mass is 9.81. The molecule has 1 nitrogen and oxygen atoms in total. The summed E-state index contributed by atoms with van der Waals surface area (Å²) in [6.45, 7) is 5.11. The van der Waals surface area contributed by atoms with Crippen LogP contribution < -0.4 is 0 Å². The van der Waals surface area contributed by atoms with Crippen LogP contribution in [-0.2, 0) is 0 Å². The third-order valence-corrected chi connectivity index (χ3v) is 3.32. The molecular weight excluding hydrogens is 134 g/mol. The van der Waals surface area contributed by atoms with Crippen molar-refractivity contribution in [1.82, 2.24) is 4.90 Å². The van der Waals surface area contributed by atoms with E-state index in [0.29, 0.717) is 0 Å². The van der Waals surface area contributed by atoms with E-state index in [1.165, 1.54) is 45.2 Å². The third kappa shape index (κ3) is 1.96. The van der Waals surface area contributed by atoms with Crippen LogP contribution in [0.3, 0.4) is 0 Å². The fraction of sp³-hybridized carbons (Fsp3) is 1.00. The first-order valence-electron chi connectivity index (χ1n) is 5.10. The van der Waals surface area contributed by atoms with E-state index in [0.717, 1.165) is 12.0 Å². The van der Waals surface area contributed by atoms with Gasteiger partial charge in [0.05, 0.1) is 0 Å². The SMILES string of the molecule is CC(CCC1CCC1)N1CC1. The molecule has 11 heavy (non-hydrogen) atoms. The quantitative estimate of drug-likeness (QED) is 0.560. The first-order valence-corrected chi connectivity index (χ1v) is 5.10. The second kappa shape index (κ2) is 3.14. The van der Waals surface area contributed by atoms with Crippen LogP contribution in [0, 0.1) is 5.92 Å². The fourth-order valence-electron chi connectivity index (χ4n) is 1.94. The minimum Gasteiger partial charge on any atom is -0.298 e. The smallest absolute Gasteiger partial charge is 0.0113 e. The Morgan fingerprint density at radius 2 is 2.09 bits per heavy atom. The van der Waals surface area contributed by atoms with Gasteiger partial charge in [-0.25, -0.2) is 0 Å². The maximum absolute atomic E-state index is 2.57. The monoisotopic (exact) mass is 153 g/mol. The van der Waals surface area contributed by atoms with Gasteiger partial charge in [-0.15, -0.1) is 0 Å². The maximum Gasteiger partial charge on any atom is 0.0113 e. The summed E-state index contributed by atoms with van der Waals surface area (Å²) in [5.74, 6) is 1.11. The van der Waals surface area contributed by atoms with Crippen molar-refractivity contribution in [3.63, 3.8) is 0 Å². The highest BCUT2D eigenvalue weighted by Crippen LogP contribution is 2.31. The lowest BCUT2D eigenvalue weighted by Gasteiger charge is -2.26. The summed E-state index contributed by atoms with van der Waals surface area (Å²) < 4.78 is 0. The van der Waals surface area contributed by atoms with Gasteiger partial charge in [0.2, 0.25) is 0 Å². The lowest BCUT2D eigenvalue weighted by molar-refractivity contribution is 0.263. The Bertz CT molecular complexity index is 125.